The number of hydrogen-bond donors (Lipinski definition) is 1. The van der Waals surface area contributed by atoms with Crippen molar-refractivity contribution in [1.82, 2.24) is 9.97 Å². The minimum atomic E-state index is -0.724. The molecule has 1 N–H and O–H groups in total. The van der Waals surface area contributed by atoms with Gasteiger partial charge in [0.25, 0.3) is 0 Å². The summed E-state index contributed by atoms with van der Waals surface area (Å²) in [5.41, 5.74) is 2.40. The maximum absolute atomic E-state index is 10.9. The number of carbonyl (C=O) groups is 1. The Labute approximate surface area is 106 Å². The molecule has 5 nitrogen and oxygen atoms in total. The van der Waals surface area contributed by atoms with Crippen molar-refractivity contribution in [2.45, 2.75) is 44.6 Å². The highest BCUT2D eigenvalue weighted by Crippen LogP contribution is 2.33. The first kappa shape index (κ1) is 11.4. The highest BCUT2D eigenvalue weighted by atomic mass is 16.4. The Kier molecular flexibility index (Phi) is 2.89. The van der Waals surface area contributed by atoms with Crippen LogP contribution in [0.5, 0.6) is 0 Å². The van der Waals surface area contributed by atoms with Crippen LogP contribution in [-0.4, -0.2) is 33.6 Å². The number of fused-ring (bicyclic) bond motifs is 1. The van der Waals surface area contributed by atoms with Gasteiger partial charge in [0.1, 0.15) is 12.1 Å². The number of rotatable bonds is 3. The molecule has 5 heteroatoms. The van der Waals surface area contributed by atoms with Gasteiger partial charge in [-0.05, 0) is 32.1 Å². The lowest BCUT2D eigenvalue weighted by Gasteiger charge is -2.26. The van der Waals surface area contributed by atoms with Gasteiger partial charge in [0.15, 0.2) is 0 Å². The average Bonchev–Trinajstić information content (AvgIpc) is 2.95. The Morgan fingerprint density at radius 1 is 1.39 bits per heavy atom. The Bertz CT molecular complexity index is 475. The Hall–Kier alpha value is -1.65. The second-order valence-corrected chi connectivity index (χ2v) is 5.06. The van der Waals surface area contributed by atoms with Crippen molar-refractivity contribution in [2.24, 2.45) is 0 Å². The fourth-order valence-corrected chi connectivity index (χ4v) is 3.12. The molecule has 0 saturated carbocycles. The molecule has 1 aliphatic heterocycles. The van der Waals surface area contributed by atoms with Crippen LogP contribution in [0.15, 0.2) is 6.33 Å². The van der Waals surface area contributed by atoms with Crippen LogP contribution in [0.1, 0.15) is 36.9 Å². The predicted molar refractivity (Wildman–Crippen MR) is 66.7 cm³/mol. The van der Waals surface area contributed by atoms with Crippen molar-refractivity contribution in [1.29, 1.82) is 0 Å². The number of carboxylic acid groups (broad SMARTS) is 1. The molecule has 1 aromatic heterocycles. The summed E-state index contributed by atoms with van der Waals surface area (Å²) in [4.78, 5) is 21.8. The van der Waals surface area contributed by atoms with Crippen molar-refractivity contribution in [2.75, 3.05) is 11.4 Å². The van der Waals surface area contributed by atoms with Gasteiger partial charge < -0.3 is 10.0 Å². The first-order valence-electron chi connectivity index (χ1n) is 6.57. The number of carboxylic acids is 1. The van der Waals surface area contributed by atoms with E-state index in [1.54, 1.807) is 6.33 Å². The van der Waals surface area contributed by atoms with Gasteiger partial charge in [-0.1, -0.05) is 0 Å². The molecule has 18 heavy (non-hydrogen) atoms. The fourth-order valence-electron chi connectivity index (χ4n) is 3.12. The van der Waals surface area contributed by atoms with Crippen LogP contribution in [-0.2, 0) is 17.6 Å². The lowest BCUT2D eigenvalue weighted by molar-refractivity contribution is -0.137. The van der Waals surface area contributed by atoms with Crippen LogP contribution in [0.2, 0.25) is 0 Å². The van der Waals surface area contributed by atoms with Crippen LogP contribution in [0, 0.1) is 0 Å². The van der Waals surface area contributed by atoms with Gasteiger partial charge in [-0.15, -0.1) is 0 Å². The maximum atomic E-state index is 10.9. The summed E-state index contributed by atoms with van der Waals surface area (Å²) in [6, 6.07) is 0.0992. The lowest BCUT2D eigenvalue weighted by Crippen LogP contribution is -2.32. The summed E-state index contributed by atoms with van der Waals surface area (Å²) >= 11 is 0. The van der Waals surface area contributed by atoms with Gasteiger partial charge >= 0.3 is 5.97 Å². The van der Waals surface area contributed by atoms with E-state index in [4.69, 9.17) is 5.11 Å². The smallest absolute Gasteiger partial charge is 0.305 e. The summed E-state index contributed by atoms with van der Waals surface area (Å²) in [6.45, 7) is 0.918. The molecule has 1 saturated heterocycles. The van der Waals surface area contributed by atoms with E-state index < -0.39 is 5.97 Å². The van der Waals surface area contributed by atoms with Crippen molar-refractivity contribution >= 4 is 11.8 Å². The van der Waals surface area contributed by atoms with Gasteiger partial charge in [0.2, 0.25) is 0 Å². The molecule has 2 aliphatic rings. The molecule has 1 unspecified atom stereocenters. The molecule has 1 aliphatic carbocycles. The normalized spacial score (nSPS) is 22.2. The van der Waals surface area contributed by atoms with Gasteiger partial charge in [-0.3, -0.25) is 4.79 Å². The molecule has 3 rings (SSSR count). The zero-order chi connectivity index (χ0) is 12.5. The summed E-state index contributed by atoms with van der Waals surface area (Å²) in [6.07, 6.45) is 7.03. The molecule has 0 radical (unpaired) electrons. The molecule has 0 amide bonds. The van der Waals surface area contributed by atoms with E-state index >= 15 is 0 Å². The van der Waals surface area contributed by atoms with Gasteiger partial charge in [-0.2, -0.15) is 0 Å². The van der Waals surface area contributed by atoms with Crippen LogP contribution in [0.4, 0.5) is 5.82 Å². The fraction of sp³-hybridized carbons (Fsp3) is 0.615. The third kappa shape index (κ3) is 1.94. The third-order valence-electron chi connectivity index (χ3n) is 3.91. The van der Waals surface area contributed by atoms with Crippen molar-refractivity contribution in [3.05, 3.63) is 17.6 Å². The standard InChI is InChI=1S/C13H17N3O2/c17-12(18)7-9-3-2-6-16(9)13-10-4-1-5-11(10)14-8-15-13/h8-9H,1-7H2,(H,17,18). The Morgan fingerprint density at radius 2 is 2.28 bits per heavy atom. The number of aryl methyl sites for hydroxylation is 1. The van der Waals surface area contributed by atoms with Crippen LogP contribution >= 0.6 is 0 Å². The average molecular weight is 247 g/mol. The molecule has 1 atom stereocenters. The molecule has 1 aromatic rings. The highest BCUT2D eigenvalue weighted by molar-refractivity contribution is 5.69. The molecule has 0 aromatic carbocycles. The van der Waals surface area contributed by atoms with E-state index in [9.17, 15) is 4.79 Å². The number of hydrogen-bond acceptors (Lipinski definition) is 4. The molecule has 0 bridgehead atoms. The summed E-state index contributed by atoms with van der Waals surface area (Å²) < 4.78 is 0. The molecule has 0 spiro atoms. The van der Waals surface area contributed by atoms with E-state index in [1.807, 2.05) is 0 Å². The van der Waals surface area contributed by atoms with Crippen LogP contribution < -0.4 is 4.90 Å². The predicted octanol–water partition coefficient (Wildman–Crippen LogP) is 1.41. The molecule has 96 valence electrons. The molecular weight excluding hydrogens is 230 g/mol. The van der Waals surface area contributed by atoms with Crippen LogP contribution in [0.25, 0.3) is 0 Å². The van der Waals surface area contributed by atoms with Gasteiger partial charge in [0, 0.05) is 23.8 Å². The Balaban J connectivity index is 1.90. The van der Waals surface area contributed by atoms with E-state index in [0.29, 0.717) is 0 Å². The van der Waals surface area contributed by atoms with Crippen molar-refractivity contribution < 1.29 is 9.90 Å². The minimum Gasteiger partial charge on any atom is -0.481 e. The molecular formula is C13H17N3O2. The number of nitrogens with zero attached hydrogens (tertiary/aromatic N) is 3. The summed E-state index contributed by atoms with van der Waals surface area (Å²) in [7, 11) is 0. The van der Waals surface area contributed by atoms with E-state index in [0.717, 1.165) is 50.2 Å². The monoisotopic (exact) mass is 247 g/mol. The van der Waals surface area contributed by atoms with Gasteiger partial charge in [0.05, 0.1) is 6.42 Å². The molecule has 1 fully saturated rings. The number of aromatic nitrogens is 2. The SMILES string of the molecule is O=C(O)CC1CCCN1c1ncnc2c1CCC2. The highest BCUT2D eigenvalue weighted by Gasteiger charge is 2.30. The topological polar surface area (TPSA) is 66.3 Å². The number of aliphatic carboxylic acids is 1. The summed E-state index contributed by atoms with van der Waals surface area (Å²) in [5.74, 6) is 0.263. The lowest BCUT2D eigenvalue weighted by atomic mass is 10.1. The third-order valence-corrected chi connectivity index (χ3v) is 3.91. The number of anilines is 1. The zero-order valence-electron chi connectivity index (χ0n) is 10.3. The summed E-state index contributed by atoms with van der Waals surface area (Å²) in [5, 5.41) is 8.97. The quantitative estimate of drug-likeness (QED) is 0.874. The van der Waals surface area contributed by atoms with E-state index in [2.05, 4.69) is 14.9 Å². The largest absolute Gasteiger partial charge is 0.481 e. The molecule has 2 heterocycles. The van der Waals surface area contributed by atoms with E-state index in [1.165, 1.54) is 5.56 Å². The Morgan fingerprint density at radius 3 is 3.11 bits per heavy atom. The second-order valence-electron chi connectivity index (χ2n) is 5.06. The maximum Gasteiger partial charge on any atom is 0.305 e. The second kappa shape index (κ2) is 4.55. The van der Waals surface area contributed by atoms with Crippen molar-refractivity contribution in [3.8, 4) is 0 Å². The zero-order valence-corrected chi connectivity index (χ0v) is 10.3. The minimum absolute atomic E-state index is 0.0992. The van der Waals surface area contributed by atoms with E-state index in [-0.39, 0.29) is 12.5 Å². The van der Waals surface area contributed by atoms with Gasteiger partial charge in [-0.25, -0.2) is 9.97 Å². The van der Waals surface area contributed by atoms with Crippen molar-refractivity contribution in [3.63, 3.8) is 0 Å². The first-order chi connectivity index (χ1) is 8.75. The van der Waals surface area contributed by atoms with Crippen LogP contribution in [0.3, 0.4) is 0 Å². The first-order valence-corrected chi connectivity index (χ1v) is 6.57.